The van der Waals surface area contributed by atoms with Gasteiger partial charge in [0.2, 0.25) is 0 Å². The van der Waals surface area contributed by atoms with Gasteiger partial charge < -0.3 is 5.32 Å². The Morgan fingerprint density at radius 2 is 1.83 bits per heavy atom. The zero-order valence-corrected chi connectivity index (χ0v) is 15.3. The molecule has 0 aromatic heterocycles. The predicted molar refractivity (Wildman–Crippen MR) is 91.0 cm³/mol. The number of hydrogen-bond donors (Lipinski definition) is 1. The average Bonchev–Trinajstić information content (AvgIpc) is 2.52. The van der Waals surface area contributed by atoms with Gasteiger partial charge in [0.1, 0.15) is 6.04 Å². The first-order chi connectivity index (χ1) is 10.8. The lowest BCUT2D eigenvalue weighted by Crippen LogP contribution is -2.51. The van der Waals surface area contributed by atoms with Crippen LogP contribution in [-0.4, -0.2) is 42.0 Å². The standard InChI is InChI=1S/C16H21BrN4O2/c1-11(2)9-14(16(23)21(4)20(3)10-18)19-15(22)12-5-7-13(17)8-6-12/h5-8,11,14H,9H2,1-4H3,(H,19,22). The predicted octanol–water partition coefficient (Wildman–Crippen LogP) is 2.38. The zero-order valence-electron chi connectivity index (χ0n) is 13.7. The fourth-order valence-electron chi connectivity index (χ4n) is 1.98. The molecule has 0 radical (unpaired) electrons. The van der Waals surface area contributed by atoms with Crippen molar-refractivity contribution in [3.05, 3.63) is 34.3 Å². The van der Waals surface area contributed by atoms with Gasteiger partial charge in [-0.25, -0.2) is 10.0 Å². The summed E-state index contributed by atoms with van der Waals surface area (Å²) in [6.07, 6.45) is 2.36. The highest BCUT2D eigenvalue weighted by Gasteiger charge is 2.27. The summed E-state index contributed by atoms with van der Waals surface area (Å²) in [5, 5.41) is 14.0. The van der Waals surface area contributed by atoms with Crippen molar-refractivity contribution in [3.8, 4) is 6.19 Å². The van der Waals surface area contributed by atoms with E-state index in [4.69, 9.17) is 5.26 Å². The number of halogens is 1. The molecule has 0 saturated carbocycles. The molecule has 0 saturated heterocycles. The number of carbonyl (C=O) groups excluding carboxylic acids is 2. The van der Waals surface area contributed by atoms with Crippen molar-refractivity contribution in [2.75, 3.05) is 14.1 Å². The molecule has 1 atom stereocenters. The summed E-state index contributed by atoms with van der Waals surface area (Å²) in [6, 6.07) is 6.21. The van der Waals surface area contributed by atoms with Crippen LogP contribution < -0.4 is 5.32 Å². The third-order valence-electron chi connectivity index (χ3n) is 3.33. The van der Waals surface area contributed by atoms with Crippen LogP contribution in [0.5, 0.6) is 0 Å². The van der Waals surface area contributed by atoms with Crippen molar-refractivity contribution >= 4 is 27.7 Å². The Balaban J connectivity index is 2.90. The molecule has 1 aromatic carbocycles. The number of rotatable bonds is 6. The number of benzene rings is 1. The summed E-state index contributed by atoms with van der Waals surface area (Å²) >= 11 is 3.32. The summed E-state index contributed by atoms with van der Waals surface area (Å²) in [7, 11) is 2.99. The minimum Gasteiger partial charge on any atom is -0.340 e. The van der Waals surface area contributed by atoms with Gasteiger partial charge in [-0.1, -0.05) is 29.8 Å². The molecule has 0 aliphatic heterocycles. The van der Waals surface area contributed by atoms with E-state index >= 15 is 0 Å². The molecule has 6 nitrogen and oxygen atoms in total. The van der Waals surface area contributed by atoms with E-state index in [1.807, 2.05) is 20.0 Å². The number of likely N-dealkylation sites (N-methyl/N-ethyl adjacent to an activating group) is 1. The fourth-order valence-corrected chi connectivity index (χ4v) is 2.24. The lowest BCUT2D eigenvalue weighted by Gasteiger charge is -2.28. The van der Waals surface area contributed by atoms with Crippen molar-refractivity contribution in [1.29, 1.82) is 5.26 Å². The number of nitriles is 1. The van der Waals surface area contributed by atoms with Crippen LogP contribution in [0.2, 0.25) is 0 Å². The van der Waals surface area contributed by atoms with Crippen molar-refractivity contribution in [3.63, 3.8) is 0 Å². The second-order valence-electron chi connectivity index (χ2n) is 5.65. The SMILES string of the molecule is CC(C)CC(NC(=O)c1ccc(Br)cc1)C(=O)N(C)N(C)C#N. The number of amides is 2. The van der Waals surface area contributed by atoms with E-state index in [2.05, 4.69) is 21.2 Å². The average molecular weight is 381 g/mol. The molecule has 124 valence electrons. The quantitative estimate of drug-likeness (QED) is 0.466. The number of hydrogen-bond acceptors (Lipinski definition) is 4. The molecule has 1 aromatic rings. The molecule has 0 heterocycles. The van der Waals surface area contributed by atoms with Crippen molar-refractivity contribution in [2.45, 2.75) is 26.3 Å². The summed E-state index contributed by atoms with van der Waals surface area (Å²) in [6.45, 7) is 3.94. The maximum atomic E-state index is 12.5. The zero-order chi connectivity index (χ0) is 17.6. The maximum absolute atomic E-state index is 12.5. The van der Waals surface area contributed by atoms with Gasteiger partial charge in [-0.3, -0.25) is 9.59 Å². The van der Waals surface area contributed by atoms with Gasteiger partial charge >= 0.3 is 0 Å². The Morgan fingerprint density at radius 1 is 1.26 bits per heavy atom. The molecule has 0 aliphatic carbocycles. The van der Waals surface area contributed by atoms with Gasteiger partial charge in [0.15, 0.2) is 6.19 Å². The monoisotopic (exact) mass is 380 g/mol. The highest BCUT2D eigenvalue weighted by Crippen LogP contribution is 2.12. The van der Waals surface area contributed by atoms with Crippen LogP contribution in [-0.2, 0) is 4.79 Å². The molecule has 0 aliphatic rings. The smallest absolute Gasteiger partial charge is 0.263 e. The van der Waals surface area contributed by atoms with Crippen LogP contribution in [0.1, 0.15) is 30.6 Å². The van der Waals surface area contributed by atoms with Crippen LogP contribution in [0.3, 0.4) is 0 Å². The number of carbonyl (C=O) groups is 2. The highest BCUT2D eigenvalue weighted by molar-refractivity contribution is 9.10. The molecular weight excluding hydrogens is 360 g/mol. The van der Waals surface area contributed by atoms with Crippen LogP contribution >= 0.6 is 15.9 Å². The molecular formula is C16H21BrN4O2. The van der Waals surface area contributed by atoms with E-state index < -0.39 is 6.04 Å². The molecule has 1 rings (SSSR count). The molecule has 0 spiro atoms. The first kappa shape index (κ1) is 19.0. The van der Waals surface area contributed by atoms with E-state index in [9.17, 15) is 9.59 Å². The molecule has 2 amide bonds. The maximum Gasteiger partial charge on any atom is 0.263 e. The van der Waals surface area contributed by atoms with Gasteiger partial charge in [-0.05, 0) is 36.6 Å². The van der Waals surface area contributed by atoms with Crippen LogP contribution in [0.15, 0.2) is 28.7 Å². The largest absolute Gasteiger partial charge is 0.340 e. The molecule has 23 heavy (non-hydrogen) atoms. The third-order valence-corrected chi connectivity index (χ3v) is 3.86. The lowest BCUT2D eigenvalue weighted by atomic mass is 10.0. The second-order valence-corrected chi connectivity index (χ2v) is 6.56. The van der Waals surface area contributed by atoms with Crippen LogP contribution in [0.4, 0.5) is 0 Å². The first-order valence-electron chi connectivity index (χ1n) is 7.23. The normalized spacial score (nSPS) is 11.5. The van der Waals surface area contributed by atoms with Crippen LogP contribution in [0, 0.1) is 17.4 Å². The highest BCUT2D eigenvalue weighted by atomic mass is 79.9. The minimum absolute atomic E-state index is 0.218. The van der Waals surface area contributed by atoms with E-state index in [-0.39, 0.29) is 17.7 Å². The number of hydrazine groups is 1. The molecule has 1 N–H and O–H groups in total. The van der Waals surface area contributed by atoms with Crippen molar-refractivity contribution in [1.82, 2.24) is 15.3 Å². The Labute approximate surface area is 145 Å². The Hall–Kier alpha value is -2.07. The Morgan fingerprint density at radius 3 is 2.30 bits per heavy atom. The van der Waals surface area contributed by atoms with Gasteiger partial charge in [-0.2, -0.15) is 5.26 Å². The second kappa shape index (κ2) is 8.53. The lowest BCUT2D eigenvalue weighted by molar-refractivity contribution is -0.142. The van der Waals surface area contributed by atoms with E-state index in [0.717, 1.165) is 9.48 Å². The van der Waals surface area contributed by atoms with E-state index in [1.54, 1.807) is 24.3 Å². The molecule has 0 bridgehead atoms. The Bertz CT molecular complexity index is 595. The topological polar surface area (TPSA) is 76.4 Å². The van der Waals surface area contributed by atoms with Gasteiger partial charge in [0, 0.05) is 24.1 Å². The molecule has 0 fully saturated rings. The van der Waals surface area contributed by atoms with Gasteiger partial charge in [0.05, 0.1) is 0 Å². The molecule has 7 heteroatoms. The Kier molecular flexibility index (Phi) is 7.04. The summed E-state index contributed by atoms with van der Waals surface area (Å²) < 4.78 is 0.874. The fraction of sp³-hybridized carbons (Fsp3) is 0.438. The molecule has 1 unspecified atom stereocenters. The van der Waals surface area contributed by atoms with Crippen molar-refractivity contribution in [2.24, 2.45) is 5.92 Å². The van der Waals surface area contributed by atoms with Crippen molar-refractivity contribution < 1.29 is 9.59 Å². The van der Waals surface area contributed by atoms with Crippen LogP contribution in [0.25, 0.3) is 0 Å². The van der Waals surface area contributed by atoms with E-state index in [0.29, 0.717) is 12.0 Å². The van der Waals surface area contributed by atoms with E-state index in [1.165, 1.54) is 19.1 Å². The summed E-state index contributed by atoms with van der Waals surface area (Å²) in [5.74, 6) is -0.423. The minimum atomic E-state index is -0.688. The third kappa shape index (κ3) is 5.57. The summed E-state index contributed by atoms with van der Waals surface area (Å²) in [5.41, 5.74) is 0.478. The number of nitrogens with zero attached hydrogens (tertiary/aromatic N) is 3. The first-order valence-corrected chi connectivity index (χ1v) is 8.03. The van der Waals surface area contributed by atoms with Gasteiger partial charge in [-0.15, -0.1) is 0 Å². The number of nitrogens with one attached hydrogen (secondary N) is 1. The summed E-state index contributed by atoms with van der Waals surface area (Å²) in [4.78, 5) is 24.8. The van der Waals surface area contributed by atoms with Gasteiger partial charge in [0.25, 0.3) is 11.8 Å².